The summed E-state index contributed by atoms with van der Waals surface area (Å²) >= 11 is 0. The van der Waals surface area contributed by atoms with Crippen molar-refractivity contribution in [1.82, 2.24) is 15.8 Å². The Morgan fingerprint density at radius 2 is 1.97 bits per heavy atom. The van der Waals surface area contributed by atoms with Crippen molar-refractivity contribution in [2.75, 3.05) is 26.2 Å². The van der Waals surface area contributed by atoms with Gasteiger partial charge in [-0.15, -0.1) is 0 Å². The van der Waals surface area contributed by atoms with Crippen LogP contribution in [0.1, 0.15) is 29.5 Å². The summed E-state index contributed by atoms with van der Waals surface area (Å²) in [5, 5.41) is 11.1. The maximum Gasteiger partial charge on any atom is 0.425 e. The molecule has 2 aromatic carbocycles. The van der Waals surface area contributed by atoms with E-state index < -0.39 is 11.8 Å². The first-order valence-electron chi connectivity index (χ1n) is 10.5. The summed E-state index contributed by atoms with van der Waals surface area (Å²) in [7, 11) is 0. The van der Waals surface area contributed by atoms with E-state index in [4.69, 9.17) is 4.74 Å². The highest BCUT2D eigenvalue weighted by Crippen LogP contribution is 2.57. The average molecular weight is 445 g/mol. The van der Waals surface area contributed by atoms with Crippen LogP contribution in [0.2, 0.25) is 0 Å². The largest absolute Gasteiger partial charge is 0.492 e. The molecule has 0 aromatic heterocycles. The molecule has 3 aliphatic rings. The second-order valence-electron chi connectivity index (χ2n) is 8.15. The molecule has 1 fully saturated rings. The Morgan fingerprint density at radius 3 is 2.66 bits per heavy atom. The number of rotatable bonds is 5. The third kappa shape index (κ3) is 3.15. The Balaban J connectivity index is 1.59. The van der Waals surface area contributed by atoms with Crippen molar-refractivity contribution in [3.8, 4) is 16.9 Å². The number of halogens is 3. The molecule has 0 spiro atoms. The number of nitrogens with one attached hydrogen (secondary N) is 2. The third-order valence-electron chi connectivity index (χ3n) is 6.27. The number of amides is 1. The monoisotopic (exact) mass is 445 g/mol. The molecule has 5 rings (SSSR count). The highest BCUT2D eigenvalue weighted by Gasteiger charge is 2.61. The molecule has 6 nitrogen and oxygen atoms in total. The van der Waals surface area contributed by atoms with Gasteiger partial charge in [-0.25, -0.2) is 5.43 Å². The predicted molar refractivity (Wildman–Crippen MR) is 111 cm³/mol. The second-order valence-corrected chi connectivity index (χ2v) is 8.15. The van der Waals surface area contributed by atoms with Crippen molar-refractivity contribution in [2.24, 2.45) is 0 Å². The smallest absolute Gasteiger partial charge is 0.425 e. The Bertz CT molecular complexity index is 1120. The molecule has 0 saturated carbocycles. The van der Waals surface area contributed by atoms with E-state index in [1.165, 1.54) is 18.2 Å². The maximum absolute atomic E-state index is 14.3. The topological polar surface area (TPSA) is 73.8 Å². The van der Waals surface area contributed by atoms with E-state index in [0.717, 1.165) is 12.0 Å². The summed E-state index contributed by atoms with van der Waals surface area (Å²) in [4.78, 5) is 13.5. The zero-order valence-corrected chi connectivity index (χ0v) is 17.1. The van der Waals surface area contributed by atoms with E-state index in [1.807, 2.05) is 0 Å². The number of hydrogen-bond donors (Lipinski definition) is 3. The highest BCUT2D eigenvalue weighted by atomic mass is 19.4. The first kappa shape index (κ1) is 20.8. The normalized spacial score (nSPS) is 21.9. The van der Waals surface area contributed by atoms with E-state index in [1.54, 1.807) is 29.3 Å². The standard InChI is InChI=1S/C23H22F3N3O3/c24-23(25,26)22(31)18-5-2-1-4-16(18)21-17(14-12-27-28-13-14)10-15(11-19(21)22)32-9-8-29-7-3-6-20(29)30/h1-2,4-5,10-12,27-28,31H,3,6-9,13H2. The van der Waals surface area contributed by atoms with Gasteiger partial charge in [-0.1, -0.05) is 24.3 Å². The van der Waals surface area contributed by atoms with E-state index >= 15 is 0 Å². The molecule has 1 saturated heterocycles. The first-order valence-corrected chi connectivity index (χ1v) is 10.5. The summed E-state index contributed by atoms with van der Waals surface area (Å²) in [5.74, 6) is 0.270. The van der Waals surface area contributed by atoms with Gasteiger partial charge in [0.25, 0.3) is 0 Å². The van der Waals surface area contributed by atoms with Crippen LogP contribution in [0.5, 0.6) is 5.75 Å². The number of likely N-dealkylation sites (tertiary alicyclic amines) is 1. The number of hydrogen-bond acceptors (Lipinski definition) is 5. The van der Waals surface area contributed by atoms with Crippen LogP contribution in [0, 0.1) is 0 Å². The summed E-state index contributed by atoms with van der Waals surface area (Å²) in [6.45, 7) is 1.58. The third-order valence-corrected chi connectivity index (χ3v) is 6.27. The van der Waals surface area contributed by atoms with Gasteiger partial charge in [-0.05, 0) is 40.8 Å². The van der Waals surface area contributed by atoms with Gasteiger partial charge in [-0.3, -0.25) is 4.79 Å². The number of alkyl halides is 3. The van der Waals surface area contributed by atoms with Gasteiger partial charge in [0.05, 0.1) is 6.54 Å². The van der Waals surface area contributed by atoms with Crippen molar-refractivity contribution in [3.63, 3.8) is 0 Å². The van der Waals surface area contributed by atoms with Crippen LogP contribution < -0.4 is 15.6 Å². The van der Waals surface area contributed by atoms with Gasteiger partial charge in [0, 0.05) is 36.8 Å². The zero-order chi connectivity index (χ0) is 22.5. The van der Waals surface area contributed by atoms with E-state index in [0.29, 0.717) is 42.7 Å². The molecule has 9 heteroatoms. The van der Waals surface area contributed by atoms with Gasteiger partial charge in [0.1, 0.15) is 12.4 Å². The maximum atomic E-state index is 14.3. The van der Waals surface area contributed by atoms with Crippen LogP contribution in [0.4, 0.5) is 13.2 Å². The fourth-order valence-electron chi connectivity index (χ4n) is 4.72. The number of nitrogens with zero attached hydrogens (tertiary/aromatic N) is 1. The molecule has 2 heterocycles. The molecular formula is C23H22F3N3O3. The van der Waals surface area contributed by atoms with Crippen LogP contribution in [0.15, 0.2) is 42.6 Å². The fraction of sp³-hybridized carbons (Fsp3) is 0.348. The number of aliphatic hydroxyl groups is 1. The molecule has 1 amide bonds. The molecule has 2 aromatic rings. The molecule has 2 aliphatic heterocycles. The van der Waals surface area contributed by atoms with Crippen LogP contribution in [-0.4, -0.2) is 48.3 Å². The molecule has 0 radical (unpaired) electrons. The molecule has 1 unspecified atom stereocenters. The molecule has 0 bridgehead atoms. The Labute approximate surface area is 182 Å². The number of fused-ring (bicyclic) bond motifs is 3. The van der Waals surface area contributed by atoms with E-state index in [2.05, 4.69) is 10.9 Å². The van der Waals surface area contributed by atoms with Crippen LogP contribution >= 0.6 is 0 Å². The summed E-state index contributed by atoms with van der Waals surface area (Å²) in [5.41, 5.74) is 4.21. The average Bonchev–Trinajstić information content (AvgIpc) is 3.48. The Hall–Kier alpha value is -3.04. The first-order chi connectivity index (χ1) is 15.3. The molecule has 168 valence electrons. The van der Waals surface area contributed by atoms with Crippen LogP contribution in [0.3, 0.4) is 0 Å². The predicted octanol–water partition coefficient (Wildman–Crippen LogP) is 2.92. The fourth-order valence-corrected chi connectivity index (χ4v) is 4.72. The minimum atomic E-state index is -4.92. The number of hydrazine groups is 1. The lowest BCUT2D eigenvalue weighted by Crippen LogP contribution is -2.41. The zero-order valence-electron chi connectivity index (χ0n) is 17.1. The summed E-state index contributed by atoms with van der Waals surface area (Å²) in [6, 6.07) is 9.02. The van der Waals surface area contributed by atoms with Gasteiger partial charge >= 0.3 is 6.18 Å². The molecule has 1 atom stereocenters. The second kappa shape index (κ2) is 7.53. The van der Waals surface area contributed by atoms with Crippen molar-refractivity contribution in [3.05, 3.63) is 59.3 Å². The summed E-state index contributed by atoms with van der Waals surface area (Å²) in [6.07, 6.45) is -1.93. The molecule has 32 heavy (non-hydrogen) atoms. The SMILES string of the molecule is O=C1CCCN1CCOc1cc(C2=CNNC2)c2c(c1)C(O)(C(F)(F)F)c1ccccc1-2. The van der Waals surface area contributed by atoms with Crippen LogP contribution in [-0.2, 0) is 10.4 Å². The van der Waals surface area contributed by atoms with Crippen molar-refractivity contribution in [1.29, 1.82) is 0 Å². The van der Waals surface area contributed by atoms with Crippen molar-refractivity contribution in [2.45, 2.75) is 24.6 Å². The molecule has 3 N–H and O–H groups in total. The van der Waals surface area contributed by atoms with Gasteiger partial charge < -0.3 is 20.2 Å². The quantitative estimate of drug-likeness (QED) is 0.660. The van der Waals surface area contributed by atoms with E-state index in [9.17, 15) is 23.1 Å². The summed E-state index contributed by atoms with van der Waals surface area (Å²) < 4.78 is 48.6. The lowest BCUT2D eigenvalue weighted by molar-refractivity contribution is -0.246. The van der Waals surface area contributed by atoms with Crippen molar-refractivity contribution >= 4 is 11.5 Å². The Morgan fingerprint density at radius 1 is 1.16 bits per heavy atom. The van der Waals surface area contributed by atoms with E-state index in [-0.39, 0.29) is 29.4 Å². The number of carbonyl (C=O) groups is 1. The minimum absolute atomic E-state index is 0.0541. The van der Waals surface area contributed by atoms with Crippen molar-refractivity contribution < 1.29 is 27.8 Å². The van der Waals surface area contributed by atoms with Gasteiger partial charge in [0.15, 0.2) is 0 Å². The van der Waals surface area contributed by atoms with Gasteiger partial charge in [0.2, 0.25) is 11.5 Å². The lowest BCUT2D eigenvalue weighted by atomic mass is 9.89. The minimum Gasteiger partial charge on any atom is -0.492 e. The van der Waals surface area contributed by atoms with Crippen LogP contribution in [0.25, 0.3) is 16.7 Å². The van der Waals surface area contributed by atoms with Gasteiger partial charge in [-0.2, -0.15) is 13.2 Å². The number of ether oxygens (including phenoxy) is 1. The Kier molecular flexibility index (Phi) is 4.90. The number of carbonyl (C=O) groups excluding carboxylic acids is 1. The lowest BCUT2D eigenvalue weighted by Gasteiger charge is -2.29. The molecule has 1 aliphatic carbocycles. The number of benzene rings is 2. The highest BCUT2D eigenvalue weighted by molar-refractivity contribution is 5.91. The molecular weight excluding hydrogens is 423 g/mol.